The number of nitrogens with one attached hydrogen (secondary N) is 1. The molecule has 0 spiro atoms. The second kappa shape index (κ2) is 8.89. The molecule has 1 saturated heterocycles. The highest BCUT2D eigenvalue weighted by molar-refractivity contribution is 7.17. The first kappa shape index (κ1) is 24.3. The molecule has 3 heterocycles. The third kappa shape index (κ3) is 4.44. The standard InChI is InChI=1S/C27H27BN4O3S/c1-16-13-18(15-29)14-17(2)22(16)33-24-23-21(11-12-36-23)31-25(32-24)30-20-9-7-19(8-10-20)28-34-26(3,4)27(5,6)35-28/h7-14H,1-6H3,(H,30,31,32). The van der Waals surface area contributed by atoms with Gasteiger partial charge in [0.2, 0.25) is 11.8 Å². The molecule has 36 heavy (non-hydrogen) atoms. The summed E-state index contributed by atoms with van der Waals surface area (Å²) >= 11 is 1.53. The first-order valence-corrected chi connectivity index (χ1v) is 12.6. The lowest BCUT2D eigenvalue weighted by Crippen LogP contribution is -2.41. The van der Waals surface area contributed by atoms with E-state index in [0.29, 0.717) is 23.1 Å². The monoisotopic (exact) mass is 498 g/mol. The summed E-state index contributed by atoms with van der Waals surface area (Å²) in [4.78, 5) is 9.34. The third-order valence-electron chi connectivity index (χ3n) is 6.75. The molecule has 7 nitrogen and oxygen atoms in total. The van der Waals surface area contributed by atoms with E-state index in [4.69, 9.17) is 14.0 Å². The van der Waals surface area contributed by atoms with Crippen LogP contribution in [-0.2, 0) is 9.31 Å². The van der Waals surface area contributed by atoms with Crippen molar-refractivity contribution in [2.45, 2.75) is 52.7 Å². The number of hydrogen-bond donors (Lipinski definition) is 1. The van der Waals surface area contributed by atoms with Crippen LogP contribution in [0.25, 0.3) is 10.2 Å². The summed E-state index contributed by atoms with van der Waals surface area (Å²) in [5.41, 5.74) is 4.16. The molecule has 0 unspecified atom stereocenters. The van der Waals surface area contributed by atoms with E-state index >= 15 is 0 Å². The number of benzene rings is 2. The Bertz CT molecular complexity index is 1450. The van der Waals surface area contributed by atoms with Crippen molar-refractivity contribution in [3.05, 3.63) is 64.5 Å². The Morgan fingerprint density at radius 1 is 0.972 bits per heavy atom. The fourth-order valence-corrected chi connectivity index (χ4v) is 4.82. The highest BCUT2D eigenvalue weighted by Crippen LogP contribution is 2.37. The molecule has 0 saturated carbocycles. The van der Waals surface area contributed by atoms with Crippen molar-refractivity contribution in [1.29, 1.82) is 5.26 Å². The van der Waals surface area contributed by atoms with Crippen LogP contribution in [0.5, 0.6) is 11.6 Å². The van der Waals surface area contributed by atoms with E-state index in [1.807, 2.05) is 89.4 Å². The lowest BCUT2D eigenvalue weighted by atomic mass is 9.79. The van der Waals surface area contributed by atoms with Crippen molar-refractivity contribution in [3.8, 4) is 17.7 Å². The molecule has 1 fully saturated rings. The fourth-order valence-electron chi connectivity index (χ4n) is 4.07. The quantitative estimate of drug-likeness (QED) is 0.337. The molecule has 0 amide bonds. The SMILES string of the molecule is Cc1cc(C#N)cc(C)c1Oc1nc(Nc2ccc(B3OC(C)(C)C(C)(C)O3)cc2)nc2ccsc12. The summed E-state index contributed by atoms with van der Waals surface area (Å²) in [6.07, 6.45) is 0. The van der Waals surface area contributed by atoms with Crippen molar-refractivity contribution in [2.24, 2.45) is 0 Å². The molecule has 9 heteroatoms. The first-order chi connectivity index (χ1) is 17.1. The van der Waals surface area contributed by atoms with E-state index in [2.05, 4.69) is 21.4 Å². The minimum atomic E-state index is -0.415. The van der Waals surface area contributed by atoms with Crippen molar-refractivity contribution in [1.82, 2.24) is 9.97 Å². The van der Waals surface area contributed by atoms with Crippen LogP contribution in [0.2, 0.25) is 0 Å². The number of thiophene rings is 1. The molecule has 0 radical (unpaired) electrons. The van der Waals surface area contributed by atoms with Gasteiger partial charge in [0.15, 0.2) is 0 Å². The number of hydrogen-bond acceptors (Lipinski definition) is 8. The zero-order valence-corrected chi connectivity index (χ0v) is 22.0. The first-order valence-electron chi connectivity index (χ1n) is 11.7. The second-order valence-corrected chi connectivity index (χ2v) is 10.9. The molecule has 1 N–H and O–H groups in total. The van der Waals surface area contributed by atoms with Crippen LogP contribution in [0.4, 0.5) is 11.6 Å². The maximum absolute atomic E-state index is 9.25. The van der Waals surface area contributed by atoms with Gasteiger partial charge in [-0.3, -0.25) is 0 Å². The normalized spacial score (nSPS) is 16.2. The van der Waals surface area contributed by atoms with Crippen molar-refractivity contribution < 1.29 is 14.0 Å². The Morgan fingerprint density at radius 2 is 1.61 bits per heavy atom. The van der Waals surface area contributed by atoms with Crippen LogP contribution in [0.15, 0.2) is 47.8 Å². The largest absolute Gasteiger partial charge is 0.494 e. The van der Waals surface area contributed by atoms with Crippen molar-refractivity contribution in [2.75, 3.05) is 5.32 Å². The van der Waals surface area contributed by atoms with E-state index in [1.54, 1.807) is 0 Å². The molecule has 182 valence electrons. The minimum absolute atomic E-state index is 0.388. The van der Waals surface area contributed by atoms with E-state index in [0.717, 1.165) is 32.5 Å². The molecule has 4 aromatic rings. The Kier molecular flexibility index (Phi) is 5.99. The van der Waals surface area contributed by atoms with Crippen molar-refractivity contribution >= 4 is 45.8 Å². The average molecular weight is 498 g/mol. The minimum Gasteiger partial charge on any atom is -0.437 e. The van der Waals surface area contributed by atoms with Gasteiger partial charge in [0.05, 0.1) is 28.4 Å². The Labute approximate surface area is 215 Å². The maximum Gasteiger partial charge on any atom is 0.494 e. The lowest BCUT2D eigenvalue weighted by molar-refractivity contribution is 0.00578. The number of rotatable bonds is 5. The van der Waals surface area contributed by atoms with Gasteiger partial charge in [0, 0.05) is 5.69 Å². The number of aromatic nitrogens is 2. The predicted octanol–water partition coefficient (Wildman–Crippen LogP) is 6.01. The highest BCUT2D eigenvalue weighted by Gasteiger charge is 2.51. The Hall–Kier alpha value is -3.45. The summed E-state index contributed by atoms with van der Waals surface area (Å²) in [7, 11) is -0.415. The van der Waals surface area contributed by atoms with Gasteiger partial charge in [-0.15, -0.1) is 11.3 Å². The average Bonchev–Trinajstić information content (AvgIpc) is 3.37. The summed E-state index contributed by atoms with van der Waals surface area (Å²) in [6.45, 7) is 12.0. The zero-order valence-electron chi connectivity index (χ0n) is 21.2. The third-order valence-corrected chi connectivity index (χ3v) is 7.64. The number of fused-ring (bicyclic) bond motifs is 1. The number of aryl methyl sites for hydroxylation is 2. The highest BCUT2D eigenvalue weighted by atomic mass is 32.1. The van der Waals surface area contributed by atoms with Crippen molar-refractivity contribution in [3.63, 3.8) is 0 Å². The van der Waals surface area contributed by atoms with Gasteiger partial charge >= 0.3 is 7.12 Å². The molecule has 1 aliphatic heterocycles. The topological polar surface area (TPSA) is 89.3 Å². The van der Waals surface area contributed by atoms with Crippen LogP contribution in [0.1, 0.15) is 44.4 Å². The molecule has 2 aromatic heterocycles. The number of nitrogens with zero attached hydrogens (tertiary/aromatic N) is 3. The number of nitriles is 1. The summed E-state index contributed by atoms with van der Waals surface area (Å²) < 4.78 is 19.5. The molecule has 0 aliphatic carbocycles. The summed E-state index contributed by atoms with van der Waals surface area (Å²) in [5, 5.41) is 14.5. The van der Waals surface area contributed by atoms with Gasteiger partial charge in [0.25, 0.3) is 0 Å². The molecular formula is C27H27BN4O3S. The smallest absolute Gasteiger partial charge is 0.437 e. The van der Waals surface area contributed by atoms with Gasteiger partial charge in [-0.2, -0.15) is 10.2 Å². The predicted molar refractivity (Wildman–Crippen MR) is 144 cm³/mol. The summed E-state index contributed by atoms with van der Waals surface area (Å²) in [6, 6.07) is 15.6. The van der Waals surface area contributed by atoms with E-state index in [-0.39, 0.29) is 11.2 Å². The van der Waals surface area contributed by atoms with E-state index < -0.39 is 7.12 Å². The maximum atomic E-state index is 9.25. The van der Waals surface area contributed by atoms with Gasteiger partial charge in [-0.05, 0) is 93.8 Å². The Morgan fingerprint density at radius 3 is 2.22 bits per heavy atom. The van der Waals surface area contributed by atoms with Crippen LogP contribution in [0, 0.1) is 25.2 Å². The van der Waals surface area contributed by atoms with E-state index in [1.165, 1.54) is 11.3 Å². The van der Waals surface area contributed by atoms with Crippen LogP contribution >= 0.6 is 11.3 Å². The van der Waals surface area contributed by atoms with Gasteiger partial charge in [0.1, 0.15) is 10.4 Å². The number of anilines is 2. The molecule has 0 bridgehead atoms. The molecule has 1 aliphatic rings. The van der Waals surface area contributed by atoms with Crippen LogP contribution in [0.3, 0.4) is 0 Å². The summed E-state index contributed by atoms with van der Waals surface area (Å²) in [5.74, 6) is 1.60. The molecule has 5 rings (SSSR count). The van der Waals surface area contributed by atoms with Crippen LogP contribution < -0.4 is 15.5 Å². The molecular weight excluding hydrogens is 471 g/mol. The zero-order chi connectivity index (χ0) is 25.7. The molecule has 2 aromatic carbocycles. The fraction of sp³-hybridized carbons (Fsp3) is 0.296. The second-order valence-electron chi connectivity index (χ2n) is 9.98. The van der Waals surface area contributed by atoms with Crippen LogP contribution in [-0.4, -0.2) is 28.3 Å². The van der Waals surface area contributed by atoms with Gasteiger partial charge in [-0.25, -0.2) is 4.98 Å². The Balaban J connectivity index is 1.40. The number of ether oxygens (including phenoxy) is 1. The van der Waals surface area contributed by atoms with E-state index in [9.17, 15) is 5.26 Å². The lowest BCUT2D eigenvalue weighted by Gasteiger charge is -2.32. The van der Waals surface area contributed by atoms with Gasteiger partial charge < -0.3 is 19.4 Å². The van der Waals surface area contributed by atoms with Gasteiger partial charge in [-0.1, -0.05) is 12.1 Å². The molecule has 0 atom stereocenters.